The highest BCUT2D eigenvalue weighted by Gasteiger charge is 2.15. The van der Waals surface area contributed by atoms with E-state index in [1.54, 1.807) is 42.5 Å². The summed E-state index contributed by atoms with van der Waals surface area (Å²) in [5, 5.41) is 2.87. The van der Waals surface area contributed by atoms with Crippen molar-refractivity contribution in [3.05, 3.63) is 65.0 Å². The third-order valence-corrected chi connectivity index (χ3v) is 5.24. The molecular formula is C16H14N2O2S2. The van der Waals surface area contributed by atoms with E-state index in [-0.39, 0.29) is 4.90 Å². The van der Waals surface area contributed by atoms with E-state index in [2.05, 4.69) is 9.71 Å². The van der Waals surface area contributed by atoms with Crippen molar-refractivity contribution < 1.29 is 8.42 Å². The van der Waals surface area contributed by atoms with Crippen LogP contribution in [-0.2, 0) is 10.0 Å². The smallest absolute Gasteiger partial charge is 0.261 e. The second-order valence-corrected chi connectivity index (χ2v) is 7.50. The van der Waals surface area contributed by atoms with Gasteiger partial charge in [-0.25, -0.2) is 13.4 Å². The Morgan fingerprint density at radius 1 is 1.05 bits per heavy atom. The number of aromatic nitrogens is 1. The van der Waals surface area contributed by atoms with Crippen LogP contribution in [0.25, 0.3) is 11.3 Å². The molecule has 3 aromatic rings. The maximum absolute atomic E-state index is 12.5. The zero-order valence-electron chi connectivity index (χ0n) is 11.9. The number of para-hydroxylation sites is 1. The third-order valence-electron chi connectivity index (χ3n) is 3.09. The van der Waals surface area contributed by atoms with Crippen LogP contribution in [0, 0.1) is 6.92 Å². The van der Waals surface area contributed by atoms with Crippen LogP contribution < -0.4 is 4.72 Å². The molecule has 0 fully saturated rings. The Morgan fingerprint density at radius 3 is 2.50 bits per heavy atom. The number of aryl methyl sites for hydroxylation is 1. The minimum absolute atomic E-state index is 0.222. The summed E-state index contributed by atoms with van der Waals surface area (Å²) < 4.78 is 27.5. The van der Waals surface area contributed by atoms with Crippen LogP contribution in [0.3, 0.4) is 0 Å². The molecule has 0 unspecified atom stereocenters. The molecule has 0 bridgehead atoms. The fourth-order valence-corrected chi connectivity index (χ4v) is 3.76. The number of hydrogen-bond acceptors (Lipinski definition) is 4. The van der Waals surface area contributed by atoms with Crippen molar-refractivity contribution in [1.29, 1.82) is 0 Å². The molecule has 2 aromatic carbocycles. The van der Waals surface area contributed by atoms with Gasteiger partial charge in [0.25, 0.3) is 10.0 Å². The Bertz CT molecular complexity index is 887. The number of benzene rings is 2. The largest absolute Gasteiger partial charge is 0.280 e. The quantitative estimate of drug-likeness (QED) is 0.789. The average molecular weight is 330 g/mol. The molecule has 0 aliphatic rings. The molecule has 1 aromatic heterocycles. The van der Waals surface area contributed by atoms with Crippen molar-refractivity contribution in [3.8, 4) is 11.3 Å². The molecule has 6 heteroatoms. The van der Waals surface area contributed by atoms with E-state index in [0.29, 0.717) is 5.69 Å². The maximum Gasteiger partial charge on any atom is 0.261 e. The summed E-state index contributed by atoms with van der Waals surface area (Å²) >= 11 is 1.54. The van der Waals surface area contributed by atoms with Crippen molar-refractivity contribution in [2.75, 3.05) is 4.72 Å². The molecule has 0 amide bonds. The number of anilines is 1. The van der Waals surface area contributed by atoms with E-state index >= 15 is 0 Å². The number of hydrogen-bond donors (Lipinski definition) is 1. The first-order chi connectivity index (χ1) is 10.5. The molecule has 0 spiro atoms. The number of nitrogens with one attached hydrogen (secondary N) is 1. The van der Waals surface area contributed by atoms with Gasteiger partial charge in [0, 0.05) is 16.6 Å². The Balaban J connectivity index is 1.94. The molecule has 22 heavy (non-hydrogen) atoms. The van der Waals surface area contributed by atoms with Crippen molar-refractivity contribution in [1.82, 2.24) is 4.98 Å². The molecule has 4 nitrogen and oxygen atoms in total. The second-order valence-electron chi connectivity index (χ2n) is 4.75. The monoisotopic (exact) mass is 330 g/mol. The van der Waals surface area contributed by atoms with Crippen molar-refractivity contribution in [2.45, 2.75) is 11.8 Å². The van der Waals surface area contributed by atoms with Crippen LogP contribution in [0.4, 0.5) is 5.69 Å². The van der Waals surface area contributed by atoms with E-state index < -0.39 is 10.0 Å². The summed E-state index contributed by atoms with van der Waals surface area (Å²) in [6, 6.07) is 15.6. The van der Waals surface area contributed by atoms with Crippen LogP contribution in [0.1, 0.15) is 5.01 Å². The molecule has 1 N–H and O–H groups in total. The molecular weight excluding hydrogens is 316 g/mol. The first-order valence-corrected chi connectivity index (χ1v) is 9.01. The van der Waals surface area contributed by atoms with Crippen LogP contribution in [0.5, 0.6) is 0 Å². The van der Waals surface area contributed by atoms with E-state index in [1.165, 1.54) is 11.3 Å². The van der Waals surface area contributed by atoms with Crippen LogP contribution in [0.15, 0.2) is 64.9 Å². The number of nitrogens with zero attached hydrogens (tertiary/aromatic N) is 1. The van der Waals surface area contributed by atoms with Crippen molar-refractivity contribution in [3.63, 3.8) is 0 Å². The lowest BCUT2D eigenvalue weighted by Gasteiger charge is -2.08. The first-order valence-electron chi connectivity index (χ1n) is 6.65. The van der Waals surface area contributed by atoms with Gasteiger partial charge >= 0.3 is 0 Å². The first kappa shape index (κ1) is 14.7. The highest BCUT2D eigenvalue weighted by Crippen LogP contribution is 2.25. The lowest BCUT2D eigenvalue weighted by Crippen LogP contribution is -2.12. The second kappa shape index (κ2) is 5.90. The van der Waals surface area contributed by atoms with Crippen molar-refractivity contribution in [2.24, 2.45) is 0 Å². The molecule has 0 saturated carbocycles. The molecule has 0 aliphatic carbocycles. The van der Waals surface area contributed by atoms with Gasteiger partial charge in [0.05, 0.1) is 15.6 Å². The molecule has 3 rings (SSSR count). The van der Waals surface area contributed by atoms with Gasteiger partial charge in [-0.2, -0.15) is 0 Å². The van der Waals surface area contributed by atoms with Gasteiger partial charge < -0.3 is 0 Å². The predicted octanol–water partition coefficient (Wildman–Crippen LogP) is 3.92. The average Bonchev–Trinajstić information content (AvgIpc) is 2.95. The van der Waals surface area contributed by atoms with Crippen LogP contribution >= 0.6 is 11.3 Å². The summed E-state index contributed by atoms with van der Waals surface area (Å²) in [7, 11) is -3.61. The van der Waals surface area contributed by atoms with Gasteiger partial charge in [-0.3, -0.25) is 4.72 Å². The molecule has 0 atom stereocenters. The van der Waals surface area contributed by atoms with Crippen LogP contribution in [0.2, 0.25) is 0 Å². The lowest BCUT2D eigenvalue weighted by molar-refractivity contribution is 0.601. The number of rotatable bonds is 4. The Kier molecular flexibility index (Phi) is 3.96. The van der Waals surface area contributed by atoms with Crippen LogP contribution in [-0.4, -0.2) is 13.4 Å². The van der Waals surface area contributed by atoms with E-state index in [4.69, 9.17) is 0 Å². The summed E-state index contributed by atoms with van der Waals surface area (Å²) in [6.07, 6.45) is 0. The predicted molar refractivity (Wildman–Crippen MR) is 89.5 cm³/mol. The Hall–Kier alpha value is -2.18. The number of sulfonamides is 1. The summed E-state index contributed by atoms with van der Waals surface area (Å²) in [4.78, 5) is 4.61. The molecule has 1 heterocycles. The SMILES string of the molecule is Cc1nc(-c2cccc(S(=O)(=O)Nc3ccccc3)c2)cs1. The maximum atomic E-state index is 12.5. The molecule has 0 aliphatic heterocycles. The van der Waals surface area contributed by atoms with Gasteiger partial charge in [-0.1, -0.05) is 30.3 Å². The Morgan fingerprint density at radius 2 is 1.82 bits per heavy atom. The zero-order valence-corrected chi connectivity index (χ0v) is 13.5. The number of thiazole rings is 1. The standard InChI is InChI=1S/C16H14N2O2S2/c1-12-17-16(11-21-12)13-6-5-9-15(10-13)22(19,20)18-14-7-3-2-4-8-14/h2-11,18H,1H3. The van der Waals surface area contributed by atoms with E-state index in [9.17, 15) is 8.42 Å². The fourth-order valence-electron chi connectivity index (χ4n) is 2.04. The van der Waals surface area contributed by atoms with Gasteiger partial charge in [-0.05, 0) is 31.2 Å². The minimum atomic E-state index is -3.61. The Labute approximate surface area is 133 Å². The van der Waals surface area contributed by atoms with Gasteiger partial charge in [-0.15, -0.1) is 11.3 Å². The lowest BCUT2D eigenvalue weighted by atomic mass is 10.2. The zero-order chi connectivity index (χ0) is 15.6. The van der Waals surface area contributed by atoms with Gasteiger partial charge in [0.2, 0.25) is 0 Å². The van der Waals surface area contributed by atoms with E-state index in [1.807, 2.05) is 24.4 Å². The van der Waals surface area contributed by atoms with E-state index in [0.717, 1.165) is 16.3 Å². The summed E-state index contributed by atoms with van der Waals surface area (Å²) in [5.74, 6) is 0. The summed E-state index contributed by atoms with van der Waals surface area (Å²) in [5.41, 5.74) is 2.12. The van der Waals surface area contributed by atoms with Gasteiger partial charge in [0.15, 0.2) is 0 Å². The molecule has 0 saturated heterocycles. The molecule has 112 valence electrons. The normalized spacial score (nSPS) is 11.3. The highest BCUT2D eigenvalue weighted by atomic mass is 32.2. The van der Waals surface area contributed by atoms with Crippen molar-refractivity contribution >= 4 is 27.0 Å². The minimum Gasteiger partial charge on any atom is -0.280 e. The molecule has 0 radical (unpaired) electrons. The topological polar surface area (TPSA) is 59.1 Å². The third kappa shape index (κ3) is 3.18. The highest BCUT2D eigenvalue weighted by molar-refractivity contribution is 7.92. The van der Waals surface area contributed by atoms with Gasteiger partial charge in [0.1, 0.15) is 0 Å². The summed E-state index contributed by atoms with van der Waals surface area (Å²) in [6.45, 7) is 1.92. The fraction of sp³-hybridized carbons (Fsp3) is 0.0625.